The van der Waals surface area contributed by atoms with Gasteiger partial charge in [0, 0.05) is 110 Å². The third kappa shape index (κ3) is 8.02. The molecule has 0 saturated carbocycles. The molecule has 0 radical (unpaired) electrons. The largest absolute Gasteiger partial charge is 0.379 e. The lowest BCUT2D eigenvalue weighted by atomic mass is 10.0. The number of amides is 1. The number of nitrogens with one attached hydrogen (secondary N) is 2. The molecule has 3 aliphatic rings. The van der Waals surface area contributed by atoms with E-state index < -0.39 is 6.43 Å². The van der Waals surface area contributed by atoms with E-state index in [2.05, 4.69) is 21.9 Å². The van der Waals surface area contributed by atoms with Gasteiger partial charge in [-0.15, -0.1) is 11.8 Å². The molecule has 1 amide bonds. The number of hydrogen-bond donors (Lipinski definition) is 2. The minimum atomic E-state index is -2.31. The number of halogens is 3. The number of rotatable bonds is 9. The van der Waals surface area contributed by atoms with Crippen LogP contribution in [-0.4, -0.2) is 124 Å². The van der Waals surface area contributed by atoms with E-state index in [1.807, 2.05) is 72.2 Å². The highest BCUT2D eigenvalue weighted by molar-refractivity contribution is 7.99. The average molecular weight is 673 g/mol. The van der Waals surface area contributed by atoms with E-state index in [1.165, 1.54) is 6.08 Å². The maximum absolute atomic E-state index is 12.9. The third-order valence-electron chi connectivity index (χ3n) is 8.76. The molecular formula is C33H43ClF2N8OS. The van der Waals surface area contributed by atoms with Crippen molar-refractivity contribution < 1.29 is 13.6 Å². The monoisotopic (exact) mass is 672 g/mol. The zero-order valence-corrected chi connectivity index (χ0v) is 28.2. The van der Waals surface area contributed by atoms with Crippen LogP contribution in [0.25, 0.3) is 12.2 Å². The van der Waals surface area contributed by atoms with Crippen LogP contribution in [0.1, 0.15) is 30.5 Å². The van der Waals surface area contributed by atoms with Crippen LogP contribution in [0.4, 0.5) is 14.5 Å². The van der Waals surface area contributed by atoms with E-state index >= 15 is 0 Å². The molecule has 5 rings (SSSR count). The van der Waals surface area contributed by atoms with Crippen LogP contribution in [0.5, 0.6) is 0 Å². The zero-order chi connectivity index (χ0) is 33.0. The Balaban J connectivity index is 1.40. The van der Waals surface area contributed by atoms with Crippen LogP contribution in [0.2, 0.25) is 5.02 Å². The lowest BCUT2D eigenvalue weighted by molar-refractivity contribution is -0.130. The first kappa shape index (κ1) is 34.2. The van der Waals surface area contributed by atoms with Gasteiger partial charge in [-0.3, -0.25) is 24.7 Å². The van der Waals surface area contributed by atoms with Crippen molar-refractivity contribution in [2.24, 2.45) is 7.05 Å². The molecule has 2 N–H and O–H groups in total. The Hall–Kier alpha value is -3.19. The van der Waals surface area contributed by atoms with Gasteiger partial charge in [0.1, 0.15) is 5.84 Å². The number of carbonyl (C=O) groups excluding carboxylic acids is 1. The number of anilines is 1. The molecule has 0 spiro atoms. The van der Waals surface area contributed by atoms with Gasteiger partial charge in [0.15, 0.2) is 0 Å². The number of benzene rings is 1. The standard InChI is InChI=1S/C33H43ClF2N8OS/c1-5-30(45)43-16-23(3)44(17-22(43)2)33(37)27-14-28(34)26(9-7-6-8-24-15-38-40(4)18-24)32-31(27)39-25(21-46-32)19-41-10-12-42(13-11-41)20-29(35)36/h5-9,14-15,18,22-23,25,29,37,39H,1,10-13,16-17,19-21H2,2-4H3/b8-6-,9-7+,37-33?/t22-,23+,25+/m1/s1. The molecule has 2 aromatic rings. The smallest absolute Gasteiger partial charge is 0.251 e. The fourth-order valence-corrected chi connectivity index (χ4v) is 7.85. The second-order valence-corrected chi connectivity index (χ2v) is 13.7. The molecule has 46 heavy (non-hydrogen) atoms. The number of nitrogens with zero attached hydrogens (tertiary/aromatic N) is 6. The number of carbonyl (C=O) groups is 1. The van der Waals surface area contributed by atoms with Gasteiger partial charge in [0.05, 0.1) is 18.4 Å². The number of piperazine rings is 2. The van der Waals surface area contributed by atoms with E-state index in [0.717, 1.165) is 52.7 Å². The molecule has 2 saturated heterocycles. The Kier molecular flexibility index (Phi) is 11.2. The van der Waals surface area contributed by atoms with Gasteiger partial charge in [0.25, 0.3) is 6.43 Å². The molecule has 1 aromatic heterocycles. The molecule has 248 valence electrons. The van der Waals surface area contributed by atoms with Gasteiger partial charge >= 0.3 is 0 Å². The van der Waals surface area contributed by atoms with Crippen LogP contribution < -0.4 is 5.32 Å². The zero-order valence-electron chi connectivity index (χ0n) is 26.6. The predicted molar refractivity (Wildman–Crippen MR) is 184 cm³/mol. The number of thioether (sulfide) groups is 1. The highest BCUT2D eigenvalue weighted by atomic mass is 35.5. The first-order valence-electron chi connectivity index (χ1n) is 15.6. The molecule has 0 bridgehead atoms. The molecule has 4 heterocycles. The van der Waals surface area contributed by atoms with Gasteiger partial charge < -0.3 is 15.1 Å². The normalized spacial score (nSPS) is 22.9. The molecule has 3 aliphatic heterocycles. The molecule has 0 unspecified atom stereocenters. The number of hydrogen-bond acceptors (Lipinski definition) is 7. The maximum atomic E-state index is 12.9. The summed E-state index contributed by atoms with van der Waals surface area (Å²) < 4.78 is 27.5. The van der Waals surface area contributed by atoms with Crippen LogP contribution in [-0.2, 0) is 11.8 Å². The summed E-state index contributed by atoms with van der Waals surface area (Å²) in [6.45, 7) is 12.0. The Morgan fingerprint density at radius 3 is 2.50 bits per heavy atom. The minimum absolute atomic E-state index is 0.0733. The quantitative estimate of drug-likeness (QED) is 0.168. The topological polar surface area (TPSA) is 83.7 Å². The van der Waals surface area contributed by atoms with Crippen molar-refractivity contribution in [3.63, 3.8) is 0 Å². The maximum Gasteiger partial charge on any atom is 0.251 e. The van der Waals surface area contributed by atoms with E-state index in [1.54, 1.807) is 22.6 Å². The van der Waals surface area contributed by atoms with Gasteiger partial charge in [0.2, 0.25) is 5.91 Å². The van der Waals surface area contributed by atoms with Gasteiger partial charge in [-0.05, 0) is 26.0 Å². The lowest BCUT2D eigenvalue weighted by Gasteiger charge is -2.45. The molecule has 1 aromatic carbocycles. The molecule has 9 nitrogen and oxygen atoms in total. The van der Waals surface area contributed by atoms with E-state index in [9.17, 15) is 19.0 Å². The van der Waals surface area contributed by atoms with Crippen LogP contribution >= 0.6 is 23.4 Å². The van der Waals surface area contributed by atoms with Crippen LogP contribution in [0, 0.1) is 5.41 Å². The molecule has 0 aliphatic carbocycles. The third-order valence-corrected chi connectivity index (χ3v) is 10.4. The first-order valence-corrected chi connectivity index (χ1v) is 17.0. The van der Waals surface area contributed by atoms with Gasteiger partial charge in [-0.1, -0.05) is 42.5 Å². The molecule has 13 heteroatoms. The van der Waals surface area contributed by atoms with Crippen molar-refractivity contribution in [2.45, 2.75) is 43.3 Å². The second-order valence-electron chi connectivity index (χ2n) is 12.2. The first-order chi connectivity index (χ1) is 22.0. The Bertz CT molecular complexity index is 1490. The summed E-state index contributed by atoms with van der Waals surface area (Å²) in [5.41, 5.74) is 3.50. The summed E-state index contributed by atoms with van der Waals surface area (Å²) in [6, 6.07) is 1.83. The summed E-state index contributed by atoms with van der Waals surface area (Å²) >= 11 is 8.69. The van der Waals surface area contributed by atoms with Crippen LogP contribution in [0.3, 0.4) is 0 Å². The SMILES string of the molecule is C=CC(=O)N1C[C@H](C)N(C(=N)c2cc(Cl)c(/C=C/C=C\c3cnn(C)c3)c3c2N[C@@H](CN2CCN(CC(F)F)CC2)CS3)C[C@H]1C. The van der Waals surface area contributed by atoms with Crippen LogP contribution in [0.15, 0.2) is 48.2 Å². The number of amidine groups is 1. The highest BCUT2D eigenvalue weighted by Crippen LogP contribution is 2.43. The van der Waals surface area contributed by atoms with Gasteiger partial charge in [-0.25, -0.2) is 8.78 Å². The Labute approximate surface area is 279 Å². The number of aromatic nitrogens is 2. The van der Waals surface area contributed by atoms with Crippen molar-refractivity contribution in [3.8, 4) is 0 Å². The van der Waals surface area contributed by atoms with Crippen molar-refractivity contribution in [3.05, 3.63) is 65.0 Å². The molecule has 3 atom stereocenters. The summed E-state index contributed by atoms with van der Waals surface area (Å²) in [7, 11) is 1.88. The number of fused-ring (bicyclic) bond motifs is 1. The summed E-state index contributed by atoms with van der Waals surface area (Å²) in [6.07, 6.45) is 10.7. The summed E-state index contributed by atoms with van der Waals surface area (Å²) in [5.74, 6) is 1.07. The fraction of sp³-hybridized carbons (Fsp3) is 0.485. The molecular weight excluding hydrogens is 630 g/mol. The van der Waals surface area contributed by atoms with Gasteiger partial charge in [-0.2, -0.15) is 5.10 Å². The highest BCUT2D eigenvalue weighted by Gasteiger charge is 2.35. The second kappa shape index (κ2) is 15.1. The van der Waals surface area contributed by atoms with Crippen molar-refractivity contribution in [2.75, 3.05) is 63.4 Å². The van der Waals surface area contributed by atoms with E-state index in [0.29, 0.717) is 37.0 Å². The number of allylic oxidation sites excluding steroid dienone is 2. The van der Waals surface area contributed by atoms with Crippen molar-refractivity contribution in [1.29, 1.82) is 5.41 Å². The average Bonchev–Trinajstić information content (AvgIpc) is 3.45. The molecule has 2 fully saturated rings. The predicted octanol–water partition coefficient (Wildman–Crippen LogP) is 5.00. The Morgan fingerprint density at radius 1 is 1.15 bits per heavy atom. The van der Waals surface area contributed by atoms with E-state index in [-0.39, 0.29) is 30.6 Å². The summed E-state index contributed by atoms with van der Waals surface area (Å²) in [5, 5.41) is 17.9. The van der Waals surface area contributed by atoms with Crippen molar-refractivity contribution in [1.82, 2.24) is 29.4 Å². The lowest BCUT2D eigenvalue weighted by Crippen LogP contribution is -2.59. The fourth-order valence-electron chi connectivity index (χ4n) is 6.33. The minimum Gasteiger partial charge on any atom is -0.379 e. The number of aryl methyl sites for hydroxylation is 1. The number of alkyl halides is 2. The Morgan fingerprint density at radius 2 is 1.83 bits per heavy atom. The van der Waals surface area contributed by atoms with Crippen molar-refractivity contribution >= 4 is 52.9 Å². The van der Waals surface area contributed by atoms with E-state index in [4.69, 9.17) is 11.6 Å². The summed E-state index contributed by atoms with van der Waals surface area (Å²) in [4.78, 5) is 21.5.